The van der Waals surface area contributed by atoms with Crippen LogP contribution >= 0.6 is 23.2 Å². The Morgan fingerprint density at radius 2 is 1.65 bits per heavy atom. The Balaban J connectivity index is 0.000000281. The summed E-state index contributed by atoms with van der Waals surface area (Å²) in [5, 5.41) is 7.67. The predicted octanol–water partition coefficient (Wildman–Crippen LogP) is 7.12. The zero-order valence-corrected chi connectivity index (χ0v) is 24.4. The molecule has 0 radical (unpaired) electrons. The second-order valence-electron chi connectivity index (χ2n) is 10.3. The number of benzene rings is 2. The van der Waals surface area contributed by atoms with Crippen LogP contribution < -0.4 is 15.8 Å². The van der Waals surface area contributed by atoms with E-state index in [1.165, 1.54) is 16.5 Å². The van der Waals surface area contributed by atoms with Crippen molar-refractivity contribution in [2.75, 3.05) is 19.4 Å². The SMILES string of the molecule is CC(C)Oc1cc(-n2nc(C(C)(C)C)oc2=O)c(Cl)cc1Cl.CC(C)c1ccc(NC(=O)N(C)C)cc1. The normalized spacial score (nSPS) is 11.3. The van der Waals surface area contributed by atoms with E-state index >= 15 is 0 Å². The monoisotopic (exact) mass is 550 g/mol. The molecule has 0 saturated heterocycles. The van der Waals surface area contributed by atoms with Crippen LogP contribution in [0.1, 0.15) is 65.8 Å². The number of urea groups is 1. The minimum atomic E-state index is -0.607. The van der Waals surface area contributed by atoms with Crippen LogP contribution in [0.15, 0.2) is 45.6 Å². The van der Waals surface area contributed by atoms with E-state index in [1.807, 2.05) is 58.9 Å². The molecule has 0 fully saturated rings. The van der Waals surface area contributed by atoms with Crippen molar-refractivity contribution in [2.45, 2.75) is 65.9 Å². The zero-order valence-electron chi connectivity index (χ0n) is 22.8. The van der Waals surface area contributed by atoms with Gasteiger partial charge in [-0.3, -0.25) is 0 Å². The van der Waals surface area contributed by atoms with Gasteiger partial charge < -0.3 is 19.4 Å². The molecular weight excluding hydrogens is 515 g/mol. The van der Waals surface area contributed by atoms with Gasteiger partial charge in [0.25, 0.3) is 0 Å². The first-order chi connectivity index (χ1) is 17.1. The number of hydrogen-bond donors (Lipinski definition) is 1. The van der Waals surface area contributed by atoms with Gasteiger partial charge in [-0.15, -0.1) is 5.10 Å². The third-order valence-electron chi connectivity index (χ3n) is 5.02. The first kappa shape index (κ1) is 30.3. The van der Waals surface area contributed by atoms with E-state index in [9.17, 15) is 9.59 Å². The van der Waals surface area contributed by atoms with Crippen molar-refractivity contribution in [1.82, 2.24) is 14.7 Å². The van der Waals surface area contributed by atoms with Crippen molar-refractivity contribution >= 4 is 34.9 Å². The van der Waals surface area contributed by atoms with Gasteiger partial charge in [0, 0.05) is 31.3 Å². The van der Waals surface area contributed by atoms with Gasteiger partial charge in [-0.05, 0) is 43.5 Å². The molecule has 3 aromatic rings. The van der Waals surface area contributed by atoms with Crippen LogP contribution in [-0.2, 0) is 5.41 Å². The molecule has 0 spiro atoms. The molecule has 202 valence electrons. The van der Waals surface area contributed by atoms with Crippen molar-refractivity contribution in [1.29, 1.82) is 0 Å². The number of hydrogen-bond acceptors (Lipinski definition) is 5. The molecule has 0 aliphatic heterocycles. The average molecular weight is 552 g/mol. The number of rotatable bonds is 5. The van der Waals surface area contributed by atoms with Crippen LogP contribution in [0.4, 0.5) is 10.5 Å². The lowest BCUT2D eigenvalue weighted by Gasteiger charge is -2.13. The molecule has 1 aromatic heterocycles. The topological polar surface area (TPSA) is 89.6 Å². The highest BCUT2D eigenvalue weighted by Gasteiger charge is 2.24. The molecule has 3 rings (SSSR count). The molecule has 0 aliphatic carbocycles. The number of amides is 2. The molecule has 0 saturated carbocycles. The molecule has 0 atom stereocenters. The predicted molar refractivity (Wildman–Crippen MR) is 150 cm³/mol. The summed E-state index contributed by atoms with van der Waals surface area (Å²) in [6.07, 6.45) is -0.0642. The molecule has 1 N–H and O–H groups in total. The van der Waals surface area contributed by atoms with E-state index < -0.39 is 5.76 Å². The van der Waals surface area contributed by atoms with E-state index in [1.54, 1.807) is 20.2 Å². The summed E-state index contributed by atoms with van der Waals surface area (Å²) >= 11 is 12.3. The van der Waals surface area contributed by atoms with E-state index in [2.05, 4.69) is 24.3 Å². The van der Waals surface area contributed by atoms with Gasteiger partial charge in [-0.25, -0.2) is 9.59 Å². The van der Waals surface area contributed by atoms with Crippen LogP contribution in [-0.4, -0.2) is 40.9 Å². The van der Waals surface area contributed by atoms with Crippen LogP contribution in [0.25, 0.3) is 5.69 Å². The Kier molecular flexibility index (Phi) is 10.2. The maximum atomic E-state index is 12.1. The lowest BCUT2D eigenvalue weighted by molar-refractivity contribution is 0.230. The van der Waals surface area contributed by atoms with Crippen molar-refractivity contribution in [3.05, 3.63) is 68.4 Å². The quantitative estimate of drug-likeness (QED) is 0.365. The second-order valence-corrected chi connectivity index (χ2v) is 11.2. The first-order valence-electron chi connectivity index (χ1n) is 11.9. The fraction of sp³-hybridized carbons (Fsp3) is 0.444. The minimum Gasteiger partial charge on any atom is -0.489 e. The van der Waals surface area contributed by atoms with Crippen LogP contribution in [0, 0.1) is 0 Å². The van der Waals surface area contributed by atoms with Crippen LogP contribution in [0.2, 0.25) is 10.0 Å². The molecule has 0 bridgehead atoms. The maximum Gasteiger partial charge on any atom is 0.442 e. The summed E-state index contributed by atoms with van der Waals surface area (Å²) in [5.41, 5.74) is 2.09. The summed E-state index contributed by atoms with van der Waals surface area (Å²) in [6.45, 7) is 13.8. The number of nitrogens with one attached hydrogen (secondary N) is 1. The lowest BCUT2D eigenvalue weighted by atomic mass is 9.97. The maximum absolute atomic E-state index is 12.1. The highest BCUT2D eigenvalue weighted by molar-refractivity contribution is 6.36. The van der Waals surface area contributed by atoms with Gasteiger partial charge in [0.2, 0.25) is 5.89 Å². The standard InChI is InChI=1S/C15H18Cl2N2O3.C12H18N2O/c1-8(2)21-12-7-11(9(16)6-10(12)17)19-14(20)22-13(18-19)15(3,4)5;1-9(2)10-5-7-11(8-6-10)13-12(15)14(3)4/h6-8H,1-5H3;5-9H,1-4H3,(H,13,15). The Morgan fingerprint density at radius 1 is 1.05 bits per heavy atom. The van der Waals surface area contributed by atoms with Crippen LogP contribution in [0.5, 0.6) is 5.75 Å². The number of ether oxygens (including phenoxy) is 1. The van der Waals surface area contributed by atoms with E-state index in [-0.39, 0.29) is 22.6 Å². The third-order valence-corrected chi connectivity index (χ3v) is 5.61. The summed E-state index contributed by atoms with van der Waals surface area (Å²) in [4.78, 5) is 24.9. The summed E-state index contributed by atoms with van der Waals surface area (Å²) in [7, 11) is 3.44. The van der Waals surface area contributed by atoms with Gasteiger partial charge in [0.15, 0.2) is 0 Å². The average Bonchev–Trinajstić information content (AvgIpc) is 3.18. The van der Waals surface area contributed by atoms with Gasteiger partial charge >= 0.3 is 11.8 Å². The number of aromatic nitrogens is 2. The Bertz CT molecular complexity index is 1260. The number of carbonyl (C=O) groups is 1. The number of nitrogens with zero attached hydrogens (tertiary/aromatic N) is 3. The summed E-state index contributed by atoms with van der Waals surface area (Å²) < 4.78 is 11.9. The first-order valence-corrected chi connectivity index (χ1v) is 12.7. The second kappa shape index (κ2) is 12.5. The Labute approximate surface area is 228 Å². The van der Waals surface area contributed by atoms with Crippen LogP contribution in [0.3, 0.4) is 0 Å². The molecule has 37 heavy (non-hydrogen) atoms. The van der Waals surface area contributed by atoms with Gasteiger partial charge in [0.1, 0.15) is 5.75 Å². The third kappa shape index (κ3) is 8.54. The molecule has 2 amide bonds. The fourth-order valence-corrected chi connectivity index (χ4v) is 3.45. The summed E-state index contributed by atoms with van der Waals surface area (Å²) in [6, 6.07) is 10.9. The van der Waals surface area contributed by atoms with Gasteiger partial charge in [0.05, 0.1) is 21.8 Å². The van der Waals surface area contributed by atoms with E-state index in [0.29, 0.717) is 28.3 Å². The van der Waals surface area contributed by atoms with E-state index in [4.69, 9.17) is 32.4 Å². The molecule has 2 aromatic carbocycles. The molecule has 0 aliphatic rings. The van der Waals surface area contributed by atoms with Crippen molar-refractivity contribution < 1.29 is 13.9 Å². The minimum absolute atomic E-state index is 0.0642. The van der Waals surface area contributed by atoms with Crippen molar-refractivity contribution in [2.24, 2.45) is 0 Å². The van der Waals surface area contributed by atoms with E-state index in [0.717, 1.165) is 10.4 Å². The Hall–Kier alpha value is -2.97. The fourth-order valence-electron chi connectivity index (χ4n) is 2.94. The summed E-state index contributed by atoms with van der Waals surface area (Å²) in [5.74, 6) is 0.673. The molecular formula is C27H36Cl2N4O4. The molecule has 8 nitrogen and oxygen atoms in total. The van der Waals surface area contributed by atoms with Gasteiger partial charge in [-0.2, -0.15) is 4.68 Å². The molecule has 0 unspecified atom stereocenters. The number of anilines is 1. The van der Waals surface area contributed by atoms with Gasteiger partial charge in [-0.1, -0.05) is 70.0 Å². The highest BCUT2D eigenvalue weighted by Crippen LogP contribution is 2.33. The molecule has 1 heterocycles. The number of carbonyl (C=O) groups excluding carboxylic acids is 1. The number of halogens is 2. The molecule has 10 heteroatoms. The van der Waals surface area contributed by atoms with Crippen molar-refractivity contribution in [3.63, 3.8) is 0 Å². The highest BCUT2D eigenvalue weighted by atomic mass is 35.5. The smallest absolute Gasteiger partial charge is 0.442 e. The lowest BCUT2D eigenvalue weighted by Crippen LogP contribution is -2.27. The van der Waals surface area contributed by atoms with Crippen molar-refractivity contribution in [3.8, 4) is 11.4 Å². The zero-order chi connectivity index (χ0) is 28.1. The largest absolute Gasteiger partial charge is 0.489 e. The Morgan fingerprint density at radius 3 is 2.11 bits per heavy atom.